The molecule has 0 radical (unpaired) electrons. The van der Waals surface area contributed by atoms with E-state index < -0.39 is 23.6 Å². The summed E-state index contributed by atoms with van der Waals surface area (Å²) >= 11 is 6.18. The molecule has 3 heterocycles. The fourth-order valence-corrected chi connectivity index (χ4v) is 5.41. The number of halogens is 5. The first-order valence-electron chi connectivity index (χ1n) is 13.5. The number of anilines is 2. The fraction of sp³-hybridized carbons (Fsp3) is 0.310. The lowest BCUT2D eigenvalue weighted by Crippen LogP contribution is -2.46. The van der Waals surface area contributed by atoms with Gasteiger partial charge in [-0.15, -0.1) is 0 Å². The lowest BCUT2D eigenvalue weighted by Gasteiger charge is -2.35. The van der Waals surface area contributed by atoms with Gasteiger partial charge in [-0.25, -0.2) is 14.2 Å². The van der Waals surface area contributed by atoms with Crippen molar-refractivity contribution in [1.29, 1.82) is 0 Å². The van der Waals surface area contributed by atoms with Gasteiger partial charge in [0.25, 0.3) is 0 Å². The predicted octanol–water partition coefficient (Wildman–Crippen LogP) is 7.09. The van der Waals surface area contributed by atoms with Crippen LogP contribution in [0.4, 0.5) is 33.7 Å². The summed E-state index contributed by atoms with van der Waals surface area (Å²) < 4.78 is 62.5. The lowest BCUT2D eigenvalue weighted by atomic mass is 10.0. The van der Waals surface area contributed by atoms with Crippen molar-refractivity contribution < 1.29 is 27.1 Å². The minimum atomic E-state index is -4.60. The molecule has 2 aromatic heterocycles. The zero-order valence-corrected chi connectivity index (χ0v) is 23.0. The Balaban J connectivity index is 1.10. The van der Waals surface area contributed by atoms with Crippen molar-refractivity contribution in [1.82, 2.24) is 19.8 Å². The van der Waals surface area contributed by atoms with Gasteiger partial charge in [0.1, 0.15) is 23.0 Å². The summed E-state index contributed by atoms with van der Waals surface area (Å²) in [5, 5.41) is 5.62. The van der Waals surface area contributed by atoms with Crippen molar-refractivity contribution in [3.05, 3.63) is 76.8 Å². The van der Waals surface area contributed by atoms with Crippen molar-refractivity contribution in [2.45, 2.75) is 31.6 Å². The highest BCUT2D eigenvalue weighted by Crippen LogP contribution is 2.36. The number of nitrogens with zero attached hydrogens (tertiary/aromatic N) is 3. The maximum atomic E-state index is 14.8. The molecule has 3 N–H and O–H groups in total. The molecule has 1 saturated heterocycles. The monoisotopic (exact) mass is 602 g/mol. The van der Waals surface area contributed by atoms with E-state index in [9.17, 15) is 22.4 Å². The Bertz CT molecular complexity index is 1620. The molecule has 1 aliphatic heterocycles. The van der Waals surface area contributed by atoms with Crippen molar-refractivity contribution in [2.24, 2.45) is 0 Å². The van der Waals surface area contributed by atoms with Crippen LogP contribution in [-0.4, -0.2) is 58.0 Å². The number of benzene rings is 2. The van der Waals surface area contributed by atoms with E-state index in [1.165, 1.54) is 43.3 Å². The Morgan fingerprint density at radius 1 is 1.07 bits per heavy atom. The molecule has 42 heavy (non-hydrogen) atoms. The number of H-pyrrole nitrogens is 1. The summed E-state index contributed by atoms with van der Waals surface area (Å²) in [7, 11) is 0. The third-order valence-corrected chi connectivity index (χ3v) is 7.74. The van der Waals surface area contributed by atoms with Crippen molar-refractivity contribution in [2.75, 3.05) is 36.8 Å². The normalized spacial score (nSPS) is 16.5. The van der Waals surface area contributed by atoms with Crippen LogP contribution in [0.1, 0.15) is 24.0 Å². The molecule has 220 valence electrons. The molecule has 2 fully saturated rings. The van der Waals surface area contributed by atoms with E-state index in [1.807, 2.05) is 4.90 Å². The highest BCUT2D eigenvalue weighted by atomic mass is 35.5. The van der Waals surface area contributed by atoms with E-state index in [4.69, 9.17) is 16.3 Å². The summed E-state index contributed by atoms with van der Waals surface area (Å²) in [5.74, 6) is -0.308. The number of pyridine rings is 1. The first-order valence-corrected chi connectivity index (χ1v) is 13.9. The average molecular weight is 603 g/mol. The van der Waals surface area contributed by atoms with Gasteiger partial charge in [-0.1, -0.05) is 17.7 Å². The number of rotatable bonds is 7. The minimum Gasteiger partial charge on any atom is -0.456 e. The molecule has 8 nitrogen and oxygen atoms in total. The van der Waals surface area contributed by atoms with Crippen LogP contribution < -0.4 is 15.4 Å². The van der Waals surface area contributed by atoms with E-state index in [2.05, 4.69) is 25.5 Å². The molecule has 13 heteroatoms. The maximum absolute atomic E-state index is 14.8. The third kappa shape index (κ3) is 6.30. The molecule has 0 bridgehead atoms. The van der Waals surface area contributed by atoms with Crippen LogP contribution in [0.5, 0.6) is 11.5 Å². The first-order chi connectivity index (χ1) is 20.1. The smallest absolute Gasteiger partial charge is 0.416 e. The van der Waals surface area contributed by atoms with Crippen LogP contribution in [0.2, 0.25) is 5.02 Å². The molecule has 2 aromatic carbocycles. The number of nitrogens with one attached hydrogen (secondary N) is 3. The molecule has 4 aromatic rings. The largest absolute Gasteiger partial charge is 0.456 e. The van der Waals surface area contributed by atoms with Gasteiger partial charge in [0.05, 0.1) is 21.7 Å². The van der Waals surface area contributed by atoms with E-state index in [0.29, 0.717) is 40.9 Å². The number of piperazine rings is 1. The van der Waals surface area contributed by atoms with Gasteiger partial charge in [-0.2, -0.15) is 13.2 Å². The number of carbonyl (C=O) groups is 1. The zero-order chi connectivity index (χ0) is 29.4. The van der Waals surface area contributed by atoms with Gasteiger partial charge >= 0.3 is 12.2 Å². The Kier molecular flexibility index (Phi) is 7.69. The number of aromatic nitrogens is 2. The molecule has 0 atom stereocenters. The average Bonchev–Trinajstić information content (AvgIpc) is 3.73. The van der Waals surface area contributed by atoms with Gasteiger partial charge in [-0.05, 0) is 48.7 Å². The highest BCUT2D eigenvalue weighted by Gasteiger charge is 2.35. The molecule has 0 unspecified atom stereocenters. The van der Waals surface area contributed by atoms with Gasteiger partial charge in [0.15, 0.2) is 0 Å². The van der Waals surface area contributed by atoms with Crippen LogP contribution >= 0.6 is 11.6 Å². The van der Waals surface area contributed by atoms with Gasteiger partial charge in [-0.3, -0.25) is 9.80 Å². The zero-order valence-electron chi connectivity index (χ0n) is 22.3. The van der Waals surface area contributed by atoms with Gasteiger partial charge in [0, 0.05) is 62.9 Å². The highest BCUT2D eigenvalue weighted by molar-refractivity contribution is 6.36. The second-order valence-corrected chi connectivity index (χ2v) is 10.8. The molecule has 6 rings (SSSR count). The predicted molar refractivity (Wildman–Crippen MR) is 152 cm³/mol. The number of hydrogen-bond acceptors (Lipinski definition) is 5. The summed E-state index contributed by atoms with van der Waals surface area (Å²) in [5.41, 5.74) is -0.418. The van der Waals surface area contributed by atoms with Crippen molar-refractivity contribution in [3.8, 4) is 11.5 Å². The van der Waals surface area contributed by atoms with Crippen molar-refractivity contribution in [3.63, 3.8) is 0 Å². The Morgan fingerprint density at radius 3 is 2.57 bits per heavy atom. The summed E-state index contributed by atoms with van der Waals surface area (Å²) in [6.07, 6.45) is 0.860. The lowest BCUT2D eigenvalue weighted by molar-refractivity contribution is -0.138. The maximum Gasteiger partial charge on any atom is 0.416 e. The molecular formula is C29H27ClF4N6O2. The molecule has 1 saturated carbocycles. The van der Waals surface area contributed by atoms with E-state index in [-0.39, 0.29) is 29.2 Å². The number of hydrogen-bond donors (Lipinski definition) is 3. The number of aromatic amines is 1. The Morgan fingerprint density at radius 2 is 1.86 bits per heavy atom. The van der Waals surface area contributed by atoms with Crippen LogP contribution in [0.3, 0.4) is 0 Å². The van der Waals surface area contributed by atoms with Crippen LogP contribution in [0, 0.1) is 5.82 Å². The molecule has 0 spiro atoms. The summed E-state index contributed by atoms with van der Waals surface area (Å²) in [6.45, 7) is 3.28. The number of fused-ring (bicyclic) bond motifs is 1. The summed E-state index contributed by atoms with van der Waals surface area (Å²) in [6, 6.07) is 8.82. The second-order valence-electron chi connectivity index (χ2n) is 10.4. The topological polar surface area (TPSA) is 85.5 Å². The van der Waals surface area contributed by atoms with Crippen LogP contribution in [0.25, 0.3) is 11.0 Å². The standard InChI is InChI=1S/C29H27ClF4N6O2/c30-22-15-36-27-26(22)25(7-8-35-27)42-20-5-6-24(23(31)14-20)38-28(41)37-18-2-1-17(21(13-18)29(32,33)34)16-39-9-11-40(12-10-39)19-3-4-19/h1-2,5-8,13-15,19H,3-4,9-12,16H2,(H,35,36)(H2,37,38,41). The number of amides is 2. The number of alkyl halides is 3. The summed E-state index contributed by atoms with van der Waals surface area (Å²) in [4.78, 5) is 24.0. The number of urea groups is 1. The first kappa shape index (κ1) is 28.3. The Hall–Kier alpha value is -3.87. The van der Waals surface area contributed by atoms with Gasteiger partial charge < -0.3 is 20.4 Å². The molecule has 2 aliphatic rings. The van der Waals surface area contributed by atoms with Gasteiger partial charge in [0.2, 0.25) is 0 Å². The minimum absolute atomic E-state index is 0.0624. The van der Waals surface area contributed by atoms with Crippen molar-refractivity contribution >= 4 is 40.0 Å². The van der Waals surface area contributed by atoms with E-state index in [1.54, 1.807) is 12.3 Å². The molecule has 1 aliphatic carbocycles. The second kappa shape index (κ2) is 11.4. The number of ether oxygens (including phenoxy) is 1. The fourth-order valence-electron chi connectivity index (χ4n) is 5.17. The quantitative estimate of drug-likeness (QED) is 0.197. The van der Waals surface area contributed by atoms with Crippen LogP contribution in [-0.2, 0) is 12.7 Å². The molecule has 2 amide bonds. The van der Waals surface area contributed by atoms with E-state index in [0.717, 1.165) is 25.2 Å². The number of carbonyl (C=O) groups excluding carboxylic acids is 1. The SMILES string of the molecule is O=C(Nc1ccc(CN2CCN(C3CC3)CC2)c(C(F)(F)F)c1)Nc1ccc(Oc2ccnc3[nH]cc(Cl)c23)cc1F. The molecular weight excluding hydrogens is 576 g/mol. The van der Waals surface area contributed by atoms with Crippen LogP contribution in [0.15, 0.2) is 54.9 Å². The van der Waals surface area contributed by atoms with E-state index >= 15 is 0 Å². The third-order valence-electron chi connectivity index (χ3n) is 7.44. The Labute approximate surface area is 243 Å².